The van der Waals surface area contributed by atoms with Crippen LogP contribution in [0.3, 0.4) is 0 Å². The van der Waals surface area contributed by atoms with Crippen LogP contribution in [0.15, 0.2) is 24.3 Å². The standard InChI is InChI=1S/C30H47N3O5S.C8H14N2O2.C3H8/c1-6-8-11-16-30(7-2,21-39(37,38)29(3,4)5)32-28(36)31-26(27(35)33-17-12-15-25(33)20-34)24-18-22-13-9-10-14-23(22)19-24;9-6(7(11)8(10)12)4-5-2-1-3-5;1-3-2/h9-10,13-14,20,24-26H,6-8,11-12,15-19,21H2,1-5H3,(H2,31,32,36);5-6H,1-4,9H2,(H2,10,12);3H2,1-2H3/t25-,26?,30?;;/m0../s1. The van der Waals surface area contributed by atoms with E-state index in [0.717, 1.165) is 55.9 Å². The summed E-state index contributed by atoms with van der Waals surface area (Å²) in [6, 6.07) is 5.55. The van der Waals surface area contributed by atoms with Crippen LogP contribution >= 0.6 is 0 Å². The number of amides is 4. The monoisotopic (exact) mass is 775 g/mol. The number of aldehydes is 1. The first-order chi connectivity index (χ1) is 25.4. The number of fused-ring (bicyclic) bond motifs is 1. The number of likely N-dealkylation sites (tertiary alicyclic amines) is 1. The summed E-state index contributed by atoms with van der Waals surface area (Å²) in [5.41, 5.74) is 11.7. The Balaban J connectivity index is 0.000000561. The van der Waals surface area contributed by atoms with E-state index in [0.29, 0.717) is 51.0 Å². The van der Waals surface area contributed by atoms with Crippen LogP contribution in [-0.4, -0.2) is 83.9 Å². The Kier molecular flexibility index (Phi) is 18.8. The number of carbonyl (C=O) groups is 5. The zero-order chi connectivity index (χ0) is 40.7. The van der Waals surface area contributed by atoms with Crippen LogP contribution in [0.2, 0.25) is 0 Å². The summed E-state index contributed by atoms with van der Waals surface area (Å²) in [7, 11) is -3.53. The lowest BCUT2D eigenvalue weighted by atomic mass is 9.80. The molecule has 0 radical (unpaired) electrons. The molecule has 1 aliphatic heterocycles. The number of unbranched alkanes of at least 4 members (excludes halogenated alkanes) is 2. The molecule has 0 spiro atoms. The van der Waals surface area contributed by atoms with Crippen molar-refractivity contribution in [1.82, 2.24) is 15.5 Å². The number of benzene rings is 1. The number of hydrogen-bond donors (Lipinski definition) is 4. The zero-order valence-electron chi connectivity index (χ0n) is 34.0. The molecule has 13 heteroatoms. The molecule has 0 aromatic heterocycles. The fraction of sp³-hybridized carbons (Fsp3) is 0.732. The summed E-state index contributed by atoms with van der Waals surface area (Å²) in [5.74, 6) is -1.58. The molecule has 4 rings (SSSR count). The lowest BCUT2D eigenvalue weighted by Crippen LogP contribution is -2.61. The lowest BCUT2D eigenvalue weighted by Gasteiger charge is -2.37. The van der Waals surface area contributed by atoms with Gasteiger partial charge in [-0.2, -0.15) is 0 Å². The number of Topliss-reactive ketones (excluding diaryl/α,β-unsaturated/α-hetero) is 1. The maximum atomic E-state index is 13.8. The highest BCUT2D eigenvalue weighted by Gasteiger charge is 2.43. The van der Waals surface area contributed by atoms with Crippen molar-refractivity contribution >= 4 is 39.8 Å². The van der Waals surface area contributed by atoms with Gasteiger partial charge >= 0.3 is 6.03 Å². The first-order valence-corrected chi connectivity index (χ1v) is 21.8. The van der Waals surface area contributed by atoms with Gasteiger partial charge in [-0.05, 0) is 88.7 Å². The molecule has 3 unspecified atom stereocenters. The van der Waals surface area contributed by atoms with E-state index in [4.69, 9.17) is 11.5 Å². The molecule has 12 nitrogen and oxygen atoms in total. The predicted molar refractivity (Wildman–Crippen MR) is 214 cm³/mol. The Morgan fingerprint density at radius 2 is 1.56 bits per heavy atom. The smallest absolute Gasteiger partial charge is 0.315 e. The van der Waals surface area contributed by atoms with Gasteiger partial charge in [0.2, 0.25) is 11.7 Å². The normalized spacial score (nSPS) is 19.3. The van der Waals surface area contributed by atoms with E-state index in [1.165, 1.54) is 12.8 Å². The number of urea groups is 1. The minimum atomic E-state index is -3.53. The summed E-state index contributed by atoms with van der Waals surface area (Å²) in [6.07, 6.45) is 12.5. The largest absolute Gasteiger partial charge is 0.363 e. The van der Waals surface area contributed by atoms with E-state index in [2.05, 4.69) is 31.4 Å². The minimum absolute atomic E-state index is 0.150. The van der Waals surface area contributed by atoms with Gasteiger partial charge in [0.05, 0.1) is 28.1 Å². The minimum Gasteiger partial charge on any atom is -0.363 e. The molecule has 1 aromatic rings. The lowest BCUT2D eigenvalue weighted by molar-refractivity contribution is -0.137. The third kappa shape index (κ3) is 13.5. The summed E-state index contributed by atoms with van der Waals surface area (Å²) in [6.45, 7) is 13.8. The van der Waals surface area contributed by atoms with Crippen LogP contribution in [0.4, 0.5) is 4.79 Å². The van der Waals surface area contributed by atoms with Crippen molar-refractivity contribution in [3.05, 3.63) is 35.4 Å². The number of nitrogens with zero attached hydrogens (tertiary/aromatic N) is 1. The Labute approximate surface area is 324 Å². The van der Waals surface area contributed by atoms with E-state index in [1.54, 1.807) is 25.7 Å². The van der Waals surface area contributed by atoms with Gasteiger partial charge in [0.1, 0.15) is 12.3 Å². The molecular formula is C41H69N5O7S. The van der Waals surface area contributed by atoms with Crippen LogP contribution in [0.5, 0.6) is 0 Å². The topological polar surface area (TPSA) is 199 Å². The second-order valence-corrected chi connectivity index (χ2v) is 19.2. The molecular weight excluding hydrogens is 707 g/mol. The fourth-order valence-electron chi connectivity index (χ4n) is 7.22. The van der Waals surface area contributed by atoms with Crippen LogP contribution < -0.4 is 22.1 Å². The Hall–Kier alpha value is -3.32. The SMILES string of the molecule is CCC.CCCCCC(CC)(CS(=O)(=O)C(C)(C)C)NC(=O)NC(C(=O)N1CCC[C@H]1C=O)C1Cc2ccccc2C1.NC(=O)C(=O)C(N)CC1CCC1. The van der Waals surface area contributed by atoms with Crippen LogP contribution in [0.1, 0.15) is 137 Å². The van der Waals surface area contributed by atoms with Gasteiger partial charge in [-0.1, -0.05) is 96.9 Å². The molecule has 6 N–H and O–H groups in total. The van der Waals surface area contributed by atoms with Crippen molar-refractivity contribution in [3.8, 4) is 0 Å². The van der Waals surface area contributed by atoms with Gasteiger partial charge in [0.25, 0.3) is 5.91 Å². The Bertz CT molecular complexity index is 1480. The third-order valence-corrected chi connectivity index (χ3v) is 13.8. The van der Waals surface area contributed by atoms with E-state index < -0.39 is 56.0 Å². The van der Waals surface area contributed by atoms with Gasteiger partial charge in [0.15, 0.2) is 9.84 Å². The quantitative estimate of drug-likeness (QED) is 0.100. The summed E-state index contributed by atoms with van der Waals surface area (Å²) in [4.78, 5) is 62.1. The van der Waals surface area contributed by atoms with Crippen LogP contribution in [0.25, 0.3) is 0 Å². The second kappa shape index (κ2) is 21.7. The molecule has 1 saturated carbocycles. The Morgan fingerprint density at radius 3 is 2.02 bits per heavy atom. The molecule has 4 atom stereocenters. The third-order valence-electron chi connectivity index (χ3n) is 11.0. The van der Waals surface area contributed by atoms with Crippen molar-refractivity contribution in [1.29, 1.82) is 0 Å². The van der Waals surface area contributed by atoms with Crippen LogP contribution in [0, 0.1) is 11.8 Å². The maximum absolute atomic E-state index is 13.8. The second-order valence-electron chi connectivity index (χ2n) is 16.4. The number of nitrogens with two attached hydrogens (primary N) is 2. The van der Waals surface area contributed by atoms with E-state index in [1.807, 2.05) is 31.2 Å². The van der Waals surface area contributed by atoms with Crippen LogP contribution in [-0.2, 0) is 41.9 Å². The number of sulfone groups is 1. The molecule has 1 heterocycles. The van der Waals surface area contributed by atoms with Gasteiger partial charge in [0, 0.05) is 6.54 Å². The fourth-order valence-corrected chi connectivity index (χ4v) is 8.80. The van der Waals surface area contributed by atoms with Crippen molar-refractivity contribution < 1.29 is 32.4 Å². The zero-order valence-corrected chi connectivity index (χ0v) is 34.8. The molecule has 2 aliphatic carbocycles. The Morgan fingerprint density at radius 1 is 0.963 bits per heavy atom. The number of carbonyl (C=O) groups excluding carboxylic acids is 5. The maximum Gasteiger partial charge on any atom is 0.315 e. The molecule has 4 amide bonds. The highest BCUT2D eigenvalue weighted by molar-refractivity contribution is 7.92. The first-order valence-electron chi connectivity index (χ1n) is 20.1. The van der Waals surface area contributed by atoms with E-state index in [9.17, 15) is 32.4 Å². The summed E-state index contributed by atoms with van der Waals surface area (Å²) in [5, 5.41) is 6.01. The number of rotatable bonds is 16. The predicted octanol–water partition coefficient (Wildman–Crippen LogP) is 5.18. The van der Waals surface area contributed by atoms with Gasteiger partial charge in [-0.15, -0.1) is 0 Å². The molecule has 54 heavy (non-hydrogen) atoms. The van der Waals surface area contributed by atoms with Gasteiger partial charge in [-0.25, -0.2) is 13.2 Å². The van der Waals surface area contributed by atoms with Crippen molar-refractivity contribution in [2.24, 2.45) is 23.3 Å². The average molecular weight is 776 g/mol. The van der Waals surface area contributed by atoms with Crippen molar-refractivity contribution in [3.63, 3.8) is 0 Å². The molecule has 1 aromatic carbocycles. The molecule has 3 aliphatic rings. The van der Waals surface area contributed by atoms with Crippen molar-refractivity contribution in [2.45, 2.75) is 167 Å². The number of nitrogens with one attached hydrogen (secondary N) is 2. The molecule has 2 fully saturated rings. The number of primary amides is 1. The summed E-state index contributed by atoms with van der Waals surface area (Å²) < 4.78 is 25.6. The van der Waals surface area contributed by atoms with Gasteiger partial charge in [-0.3, -0.25) is 14.4 Å². The molecule has 0 bridgehead atoms. The average Bonchev–Trinajstić information content (AvgIpc) is 3.75. The molecule has 306 valence electrons. The van der Waals surface area contributed by atoms with E-state index in [-0.39, 0.29) is 17.6 Å². The molecule has 1 saturated heterocycles. The highest BCUT2D eigenvalue weighted by atomic mass is 32.2. The highest BCUT2D eigenvalue weighted by Crippen LogP contribution is 2.32. The summed E-state index contributed by atoms with van der Waals surface area (Å²) >= 11 is 0. The number of ketones is 1. The first kappa shape index (κ1) is 46.8. The number of hydrogen-bond acceptors (Lipinski definition) is 8. The van der Waals surface area contributed by atoms with E-state index >= 15 is 0 Å². The van der Waals surface area contributed by atoms with Crippen molar-refractivity contribution in [2.75, 3.05) is 12.3 Å². The van der Waals surface area contributed by atoms with Gasteiger partial charge < -0.3 is 31.8 Å².